The van der Waals surface area contributed by atoms with Crippen molar-refractivity contribution in [3.05, 3.63) is 63.9 Å². The first-order valence-electron chi connectivity index (χ1n) is 5.78. The maximum Gasteiger partial charge on any atom is 0.129 e. The predicted octanol–water partition coefficient (Wildman–Crippen LogP) is 4.27. The van der Waals surface area contributed by atoms with E-state index in [0.717, 1.165) is 5.56 Å². The molecule has 0 aliphatic carbocycles. The van der Waals surface area contributed by atoms with Crippen LogP contribution in [-0.4, -0.2) is 0 Å². The van der Waals surface area contributed by atoms with Crippen LogP contribution in [0.1, 0.15) is 16.7 Å². The van der Waals surface area contributed by atoms with Crippen molar-refractivity contribution in [3.63, 3.8) is 0 Å². The molecule has 0 atom stereocenters. The van der Waals surface area contributed by atoms with E-state index in [1.807, 2.05) is 18.2 Å². The molecule has 96 valence electrons. The topological polar surface area (TPSA) is 35.8 Å². The van der Waals surface area contributed by atoms with Gasteiger partial charge in [0.2, 0.25) is 0 Å². The molecule has 2 nitrogen and oxygen atoms in total. The van der Waals surface area contributed by atoms with Gasteiger partial charge in [-0.05, 0) is 36.8 Å². The Balaban J connectivity index is 2.17. The SMILES string of the molecule is Cc1c(F)cc(C#N)cc1NCc1ccc(Cl)cc1. The smallest absolute Gasteiger partial charge is 0.129 e. The predicted molar refractivity (Wildman–Crippen MR) is 74.6 cm³/mol. The fourth-order valence-corrected chi connectivity index (χ4v) is 1.85. The fraction of sp³-hybridized carbons (Fsp3) is 0.133. The highest BCUT2D eigenvalue weighted by Crippen LogP contribution is 2.21. The number of nitrogens with zero attached hydrogens (tertiary/aromatic N) is 1. The zero-order chi connectivity index (χ0) is 13.8. The number of nitriles is 1. The van der Waals surface area contributed by atoms with E-state index >= 15 is 0 Å². The molecule has 0 saturated carbocycles. The second kappa shape index (κ2) is 5.73. The molecule has 0 heterocycles. The standard InChI is InChI=1S/C15H12ClFN2/c1-10-14(17)6-12(8-18)7-15(10)19-9-11-2-4-13(16)5-3-11/h2-7,19H,9H2,1H3. The molecule has 0 bridgehead atoms. The van der Waals surface area contributed by atoms with E-state index in [1.165, 1.54) is 6.07 Å². The number of benzene rings is 2. The quantitative estimate of drug-likeness (QED) is 0.907. The van der Waals surface area contributed by atoms with Crippen molar-refractivity contribution in [2.45, 2.75) is 13.5 Å². The van der Waals surface area contributed by atoms with Gasteiger partial charge in [-0.1, -0.05) is 23.7 Å². The van der Waals surface area contributed by atoms with E-state index in [9.17, 15) is 4.39 Å². The molecule has 4 heteroatoms. The van der Waals surface area contributed by atoms with E-state index in [2.05, 4.69) is 5.32 Å². The van der Waals surface area contributed by atoms with Gasteiger partial charge in [-0.3, -0.25) is 0 Å². The summed E-state index contributed by atoms with van der Waals surface area (Å²) in [5.74, 6) is -0.377. The first kappa shape index (κ1) is 13.4. The minimum absolute atomic E-state index is 0.307. The molecule has 0 amide bonds. The Morgan fingerprint density at radius 2 is 1.95 bits per heavy atom. The van der Waals surface area contributed by atoms with E-state index in [1.54, 1.807) is 25.1 Å². The molecule has 0 spiro atoms. The van der Waals surface area contributed by atoms with Crippen molar-refractivity contribution in [1.82, 2.24) is 0 Å². The monoisotopic (exact) mass is 274 g/mol. The number of hydrogen-bond acceptors (Lipinski definition) is 2. The lowest BCUT2D eigenvalue weighted by Crippen LogP contribution is -2.02. The van der Waals surface area contributed by atoms with Crippen molar-refractivity contribution >= 4 is 17.3 Å². The molecule has 0 unspecified atom stereocenters. The zero-order valence-corrected chi connectivity index (χ0v) is 11.1. The Morgan fingerprint density at radius 1 is 1.26 bits per heavy atom. The van der Waals surface area contributed by atoms with Gasteiger partial charge in [0.15, 0.2) is 0 Å². The minimum atomic E-state index is -0.377. The maximum absolute atomic E-state index is 13.6. The molecule has 2 aromatic rings. The van der Waals surface area contributed by atoms with Crippen molar-refractivity contribution < 1.29 is 4.39 Å². The molecule has 0 aromatic heterocycles. The summed E-state index contributed by atoms with van der Waals surface area (Å²) in [4.78, 5) is 0. The fourth-order valence-electron chi connectivity index (χ4n) is 1.73. The molecule has 19 heavy (non-hydrogen) atoms. The Bertz CT molecular complexity index is 630. The van der Waals surface area contributed by atoms with Crippen LogP contribution in [0.15, 0.2) is 36.4 Å². The number of rotatable bonds is 3. The number of anilines is 1. The highest BCUT2D eigenvalue weighted by Gasteiger charge is 2.06. The highest BCUT2D eigenvalue weighted by molar-refractivity contribution is 6.30. The third-order valence-corrected chi connectivity index (χ3v) is 3.12. The normalized spacial score (nSPS) is 10.0. The van der Waals surface area contributed by atoms with Crippen LogP contribution in [0.2, 0.25) is 5.02 Å². The Kier molecular flexibility index (Phi) is 4.03. The molecule has 2 aromatic carbocycles. The summed E-state index contributed by atoms with van der Waals surface area (Å²) in [5.41, 5.74) is 2.48. The van der Waals surface area contributed by atoms with Gasteiger partial charge < -0.3 is 5.32 Å². The van der Waals surface area contributed by atoms with E-state index in [4.69, 9.17) is 16.9 Å². The van der Waals surface area contributed by atoms with Gasteiger partial charge in [0.05, 0.1) is 11.6 Å². The van der Waals surface area contributed by atoms with Crippen LogP contribution in [0.5, 0.6) is 0 Å². The van der Waals surface area contributed by atoms with Crippen LogP contribution >= 0.6 is 11.6 Å². The first-order valence-corrected chi connectivity index (χ1v) is 6.16. The lowest BCUT2D eigenvalue weighted by Gasteiger charge is -2.11. The van der Waals surface area contributed by atoms with Crippen LogP contribution in [0.4, 0.5) is 10.1 Å². The van der Waals surface area contributed by atoms with E-state index in [-0.39, 0.29) is 5.82 Å². The average Bonchev–Trinajstić information content (AvgIpc) is 2.42. The Hall–Kier alpha value is -2.05. The second-order valence-corrected chi connectivity index (χ2v) is 4.66. The zero-order valence-electron chi connectivity index (χ0n) is 10.4. The second-order valence-electron chi connectivity index (χ2n) is 4.22. The third kappa shape index (κ3) is 3.24. The number of hydrogen-bond donors (Lipinski definition) is 1. The summed E-state index contributed by atoms with van der Waals surface area (Å²) in [6.45, 7) is 2.23. The van der Waals surface area contributed by atoms with Gasteiger partial charge in [-0.25, -0.2) is 4.39 Å². The van der Waals surface area contributed by atoms with Crippen molar-refractivity contribution in [2.75, 3.05) is 5.32 Å². The van der Waals surface area contributed by atoms with E-state index in [0.29, 0.717) is 28.4 Å². The van der Waals surface area contributed by atoms with Gasteiger partial charge in [-0.15, -0.1) is 0 Å². The molecule has 0 saturated heterocycles. The van der Waals surface area contributed by atoms with Crippen molar-refractivity contribution in [1.29, 1.82) is 5.26 Å². The van der Waals surface area contributed by atoms with Gasteiger partial charge in [-0.2, -0.15) is 5.26 Å². The van der Waals surface area contributed by atoms with Crippen LogP contribution in [0.3, 0.4) is 0 Å². The average molecular weight is 275 g/mol. The van der Waals surface area contributed by atoms with E-state index < -0.39 is 0 Å². The molecule has 2 rings (SSSR count). The Morgan fingerprint density at radius 3 is 2.58 bits per heavy atom. The number of halogens is 2. The largest absolute Gasteiger partial charge is 0.381 e. The van der Waals surface area contributed by atoms with Crippen LogP contribution in [0, 0.1) is 24.1 Å². The Labute approximate surface area is 116 Å². The summed E-state index contributed by atoms with van der Waals surface area (Å²) in [6.07, 6.45) is 0. The lowest BCUT2D eigenvalue weighted by molar-refractivity contribution is 0.618. The van der Waals surface area contributed by atoms with Crippen LogP contribution in [-0.2, 0) is 6.54 Å². The van der Waals surface area contributed by atoms with Crippen molar-refractivity contribution in [2.24, 2.45) is 0 Å². The summed E-state index contributed by atoms with van der Waals surface area (Å²) >= 11 is 5.81. The molecule has 0 fully saturated rings. The molecular weight excluding hydrogens is 263 g/mol. The molecule has 0 aliphatic heterocycles. The minimum Gasteiger partial charge on any atom is -0.381 e. The van der Waals surface area contributed by atoms with Crippen LogP contribution < -0.4 is 5.32 Å². The molecule has 0 radical (unpaired) electrons. The van der Waals surface area contributed by atoms with Gasteiger partial charge in [0.1, 0.15) is 5.82 Å². The maximum atomic E-state index is 13.6. The summed E-state index contributed by atoms with van der Waals surface area (Å²) in [6, 6.07) is 12.2. The molecule has 1 N–H and O–H groups in total. The van der Waals surface area contributed by atoms with Gasteiger partial charge in [0, 0.05) is 22.8 Å². The summed E-state index contributed by atoms with van der Waals surface area (Å²) < 4.78 is 13.6. The van der Waals surface area contributed by atoms with Gasteiger partial charge >= 0.3 is 0 Å². The number of nitrogens with one attached hydrogen (secondary N) is 1. The first-order chi connectivity index (χ1) is 9.10. The summed E-state index contributed by atoms with van der Waals surface area (Å²) in [7, 11) is 0. The summed E-state index contributed by atoms with van der Waals surface area (Å²) in [5, 5.41) is 12.6. The third-order valence-electron chi connectivity index (χ3n) is 2.87. The molecular formula is C15H12ClFN2. The van der Waals surface area contributed by atoms with Crippen LogP contribution in [0.25, 0.3) is 0 Å². The lowest BCUT2D eigenvalue weighted by atomic mass is 10.1. The van der Waals surface area contributed by atoms with Gasteiger partial charge in [0.25, 0.3) is 0 Å². The van der Waals surface area contributed by atoms with Crippen molar-refractivity contribution in [3.8, 4) is 6.07 Å². The molecule has 0 aliphatic rings. The highest BCUT2D eigenvalue weighted by atomic mass is 35.5.